The zero-order valence-electron chi connectivity index (χ0n) is 15.4. The molecule has 0 fully saturated rings. The topological polar surface area (TPSA) is 44.9 Å². The van der Waals surface area contributed by atoms with Crippen molar-refractivity contribution in [2.45, 2.75) is 18.8 Å². The number of amides is 1. The Labute approximate surface area is 163 Å². The molecule has 4 aromatic rings. The number of H-pyrrole nitrogens is 1. The van der Waals surface area contributed by atoms with Crippen LogP contribution in [0.3, 0.4) is 0 Å². The number of para-hydroxylation sites is 1. The summed E-state index contributed by atoms with van der Waals surface area (Å²) in [7, 11) is 0. The fourth-order valence-electron chi connectivity index (χ4n) is 3.59. The molecule has 1 unspecified atom stereocenters. The zero-order chi connectivity index (χ0) is 19.3. The van der Waals surface area contributed by atoms with Crippen molar-refractivity contribution in [1.29, 1.82) is 0 Å². The van der Waals surface area contributed by atoms with E-state index in [1.807, 2.05) is 42.6 Å². The Bertz CT molecular complexity index is 1070. The summed E-state index contributed by atoms with van der Waals surface area (Å²) in [4.78, 5) is 16.0. The molecule has 3 nitrogen and oxygen atoms in total. The number of halogens is 1. The van der Waals surface area contributed by atoms with E-state index in [0.717, 1.165) is 22.9 Å². The molecule has 0 aliphatic heterocycles. The molecule has 0 aliphatic rings. The van der Waals surface area contributed by atoms with Crippen molar-refractivity contribution in [2.24, 2.45) is 0 Å². The minimum absolute atomic E-state index is 0.0269. The van der Waals surface area contributed by atoms with Gasteiger partial charge in [0.25, 0.3) is 0 Å². The highest BCUT2D eigenvalue weighted by molar-refractivity contribution is 5.92. The lowest BCUT2D eigenvalue weighted by atomic mass is 9.88. The molecular weight excluding hydrogens is 351 g/mol. The molecule has 1 aromatic heterocycles. The van der Waals surface area contributed by atoms with Crippen LogP contribution >= 0.6 is 0 Å². The van der Waals surface area contributed by atoms with Crippen molar-refractivity contribution in [1.82, 2.24) is 4.98 Å². The maximum Gasteiger partial charge on any atom is 0.224 e. The zero-order valence-corrected chi connectivity index (χ0v) is 15.4. The highest BCUT2D eigenvalue weighted by Crippen LogP contribution is 2.31. The molecule has 0 spiro atoms. The van der Waals surface area contributed by atoms with Gasteiger partial charge in [0, 0.05) is 29.2 Å². The van der Waals surface area contributed by atoms with Crippen molar-refractivity contribution in [3.05, 3.63) is 102 Å². The molecule has 28 heavy (non-hydrogen) atoms. The van der Waals surface area contributed by atoms with Gasteiger partial charge in [0.1, 0.15) is 5.82 Å². The van der Waals surface area contributed by atoms with E-state index in [2.05, 4.69) is 28.5 Å². The molecule has 0 bridgehead atoms. The summed E-state index contributed by atoms with van der Waals surface area (Å²) in [5.41, 5.74) is 3.99. The third-order valence-electron chi connectivity index (χ3n) is 4.95. The first kappa shape index (κ1) is 18.0. The van der Waals surface area contributed by atoms with Gasteiger partial charge in [-0.05, 0) is 53.8 Å². The van der Waals surface area contributed by atoms with E-state index in [0.29, 0.717) is 12.1 Å². The monoisotopic (exact) mass is 372 g/mol. The van der Waals surface area contributed by atoms with Crippen LogP contribution in [-0.2, 0) is 11.2 Å². The Balaban J connectivity index is 1.59. The second-order valence-corrected chi connectivity index (χ2v) is 6.94. The van der Waals surface area contributed by atoms with E-state index in [1.165, 1.54) is 17.7 Å². The first-order valence-electron chi connectivity index (χ1n) is 9.34. The highest BCUT2D eigenvalue weighted by Gasteiger charge is 2.20. The number of fused-ring (bicyclic) bond motifs is 1. The molecule has 3 aromatic carbocycles. The minimum Gasteiger partial charge on any atom is -0.361 e. The van der Waals surface area contributed by atoms with Gasteiger partial charge in [0.05, 0.1) is 0 Å². The molecule has 0 saturated heterocycles. The standard InChI is InChI=1S/C24H21FN2O/c25-19-10-12-20(13-11-19)27-24(28)15-18(14-17-6-2-1-3-7-17)22-16-26-23-9-5-4-8-21(22)23/h1-13,16,18,26H,14-15H2,(H,27,28). The number of nitrogens with one attached hydrogen (secondary N) is 2. The van der Waals surface area contributed by atoms with Crippen LogP contribution in [0.5, 0.6) is 0 Å². The quantitative estimate of drug-likeness (QED) is 0.450. The molecule has 4 heteroatoms. The van der Waals surface area contributed by atoms with Crippen molar-refractivity contribution in [2.75, 3.05) is 5.32 Å². The van der Waals surface area contributed by atoms with E-state index in [9.17, 15) is 9.18 Å². The van der Waals surface area contributed by atoms with Crippen molar-refractivity contribution in [3.63, 3.8) is 0 Å². The summed E-state index contributed by atoms with van der Waals surface area (Å²) in [5.74, 6) is -0.379. The molecule has 2 N–H and O–H groups in total. The van der Waals surface area contributed by atoms with Crippen LogP contribution in [0.25, 0.3) is 10.9 Å². The van der Waals surface area contributed by atoms with E-state index in [1.54, 1.807) is 12.1 Å². The van der Waals surface area contributed by atoms with E-state index < -0.39 is 0 Å². The van der Waals surface area contributed by atoms with Gasteiger partial charge in [-0.3, -0.25) is 4.79 Å². The third kappa shape index (κ3) is 4.12. The Morgan fingerprint density at radius 1 is 0.929 bits per heavy atom. The number of benzene rings is 3. The Morgan fingerprint density at radius 3 is 2.43 bits per heavy atom. The van der Waals surface area contributed by atoms with Gasteiger partial charge in [-0.15, -0.1) is 0 Å². The van der Waals surface area contributed by atoms with Crippen molar-refractivity contribution >= 4 is 22.5 Å². The number of carbonyl (C=O) groups is 1. The Morgan fingerprint density at radius 2 is 1.64 bits per heavy atom. The fourth-order valence-corrected chi connectivity index (χ4v) is 3.59. The van der Waals surface area contributed by atoms with Crippen LogP contribution < -0.4 is 5.32 Å². The van der Waals surface area contributed by atoms with Gasteiger partial charge in [-0.1, -0.05) is 48.5 Å². The van der Waals surface area contributed by atoms with Crippen LogP contribution in [0.15, 0.2) is 85.1 Å². The van der Waals surface area contributed by atoms with Crippen LogP contribution in [0, 0.1) is 5.82 Å². The molecule has 0 aliphatic carbocycles. The van der Waals surface area contributed by atoms with Crippen LogP contribution in [0.1, 0.15) is 23.5 Å². The molecule has 1 atom stereocenters. The summed E-state index contributed by atoms with van der Waals surface area (Å²) in [6, 6.07) is 24.1. The average Bonchev–Trinajstić information content (AvgIpc) is 3.14. The van der Waals surface area contributed by atoms with Crippen LogP contribution in [0.4, 0.5) is 10.1 Å². The summed E-state index contributed by atoms with van der Waals surface area (Å²) in [6.45, 7) is 0. The molecule has 1 heterocycles. The summed E-state index contributed by atoms with van der Waals surface area (Å²) in [5, 5.41) is 4.02. The molecule has 0 radical (unpaired) electrons. The molecule has 140 valence electrons. The number of aromatic amines is 1. The number of hydrogen-bond acceptors (Lipinski definition) is 1. The van der Waals surface area contributed by atoms with Gasteiger partial charge in [0.15, 0.2) is 0 Å². The van der Waals surface area contributed by atoms with Crippen LogP contribution in [0.2, 0.25) is 0 Å². The fraction of sp³-hybridized carbons (Fsp3) is 0.125. The van der Waals surface area contributed by atoms with Gasteiger partial charge in [0.2, 0.25) is 5.91 Å². The van der Waals surface area contributed by atoms with E-state index in [4.69, 9.17) is 0 Å². The van der Waals surface area contributed by atoms with E-state index in [-0.39, 0.29) is 17.6 Å². The first-order valence-corrected chi connectivity index (χ1v) is 9.34. The van der Waals surface area contributed by atoms with Gasteiger partial charge >= 0.3 is 0 Å². The van der Waals surface area contributed by atoms with E-state index >= 15 is 0 Å². The molecular formula is C24H21FN2O. The lowest BCUT2D eigenvalue weighted by Gasteiger charge is -2.17. The maximum atomic E-state index is 13.1. The average molecular weight is 372 g/mol. The number of aromatic nitrogens is 1. The number of anilines is 1. The highest BCUT2D eigenvalue weighted by atomic mass is 19.1. The Kier molecular flexibility index (Phi) is 5.20. The Hall–Kier alpha value is -3.40. The molecule has 4 rings (SSSR count). The second kappa shape index (κ2) is 8.09. The van der Waals surface area contributed by atoms with Crippen LogP contribution in [-0.4, -0.2) is 10.9 Å². The number of hydrogen-bond donors (Lipinski definition) is 2. The minimum atomic E-state index is -0.321. The number of carbonyl (C=O) groups excluding carboxylic acids is 1. The predicted octanol–water partition coefficient (Wildman–Crippen LogP) is 5.66. The summed E-state index contributed by atoms with van der Waals surface area (Å²) < 4.78 is 13.1. The normalized spacial score (nSPS) is 12.0. The second-order valence-electron chi connectivity index (χ2n) is 6.94. The smallest absolute Gasteiger partial charge is 0.224 e. The lowest BCUT2D eigenvalue weighted by Crippen LogP contribution is -2.17. The summed E-state index contributed by atoms with van der Waals surface area (Å²) in [6.07, 6.45) is 3.11. The lowest BCUT2D eigenvalue weighted by molar-refractivity contribution is -0.116. The predicted molar refractivity (Wildman–Crippen MR) is 111 cm³/mol. The van der Waals surface area contributed by atoms with Crippen molar-refractivity contribution < 1.29 is 9.18 Å². The maximum absolute atomic E-state index is 13.1. The summed E-state index contributed by atoms with van der Waals surface area (Å²) >= 11 is 0. The molecule has 0 saturated carbocycles. The van der Waals surface area contributed by atoms with Gasteiger partial charge in [-0.2, -0.15) is 0 Å². The van der Waals surface area contributed by atoms with Crippen molar-refractivity contribution in [3.8, 4) is 0 Å². The molecule has 1 amide bonds. The number of rotatable bonds is 6. The largest absolute Gasteiger partial charge is 0.361 e. The van der Waals surface area contributed by atoms with Gasteiger partial charge < -0.3 is 10.3 Å². The SMILES string of the molecule is O=C(CC(Cc1ccccc1)c1c[nH]c2ccccc12)Nc1ccc(F)cc1. The van der Waals surface area contributed by atoms with Gasteiger partial charge in [-0.25, -0.2) is 4.39 Å². The third-order valence-corrected chi connectivity index (χ3v) is 4.95. The first-order chi connectivity index (χ1) is 13.7.